The number of ether oxygens (including phenoxy) is 1. The topological polar surface area (TPSA) is 84.1 Å². The van der Waals surface area contributed by atoms with Crippen LogP contribution in [0, 0.1) is 0 Å². The maximum atomic E-state index is 11.0. The summed E-state index contributed by atoms with van der Waals surface area (Å²) >= 11 is 0. The quantitative estimate of drug-likeness (QED) is 0.673. The number of nitrogens with zero attached hydrogens (tertiary/aromatic N) is 1. The van der Waals surface area contributed by atoms with Gasteiger partial charge < -0.3 is 10.1 Å². The van der Waals surface area contributed by atoms with Crippen LogP contribution in [-0.2, 0) is 4.79 Å². The van der Waals surface area contributed by atoms with E-state index in [0.29, 0.717) is 6.54 Å². The van der Waals surface area contributed by atoms with E-state index in [-0.39, 0.29) is 17.4 Å². The van der Waals surface area contributed by atoms with Crippen LogP contribution in [0.3, 0.4) is 0 Å². The normalized spacial score (nSPS) is 9.57. The summed E-state index contributed by atoms with van der Waals surface area (Å²) in [5, 5.41) is 2.80. The second-order valence-corrected chi connectivity index (χ2v) is 2.56. The van der Waals surface area contributed by atoms with Crippen molar-refractivity contribution in [3.05, 3.63) is 16.4 Å². The third-order valence-corrected chi connectivity index (χ3v) is 1.31. The largest absolute Gasteiger partial charge is 0.407 e. The predicted octanol–water partition coefficient (Wildman–Crippen LogP) is 0.127. The zero-order valence-electron chi connectivity index (χ0n) is 7.96. The highest BCUT2D eigenvalue weighted by Crippen LogP contribution is 2.04. The molecule has 76 valence electrons. The van der Waals surface area contributed by atoms with Gasteiger partial charge in [-0.15, -0.1) is 0 Å². The van der Waals surface area contributed by atoms with Crippen LogP contribution in [0.2, 0.25) is 0 Å². The first-order chi connectivity index (χ1) is 6.61. The highest BCUT2D eigenvalue weighted by molar-refractivity contribution is 5.68. The second kappa shape index (κ2) is 4.40. The molecule has 0 bridgehead atoms. The number of rotatable bonds is 3. The lowest BCUT2D eigenvalue weighted by molar-refractivity contribution is -0.132. The Bertz CT molecular complexity index is 386. The van der Waals surface area contributed by atoms with Gasteiger partial charge >= 0.3 is 5.97 Å². The average molecular weight is 197 g/mol. The standard InChI is InChI=1S/C8H11N3O3/c1-3-9-8-10-6(13)4-7(11-8)14-5(2)12/h4H,3H2,1-2H3,(H2,9,10,11,13). The first kappa shape index (κ1) is 10.2. The molecule has 1 heterocycles. The van der Waals surface area contributed by atoms with E-state index in [1.807, 2.05) is 6.92 Å². The van der Waals surface area contributed by atoms with Gasteiger partial charge in [0, 0.05) is 13.5 Å². The average Bonchev–Trinajstić information content (AvgIpc) is 2.01. The molecule has 0 fully saturated rings. The van der Waals surface area contributed by atoms with Gasteiger partial charge in [-0.1, -0.05) is 0 Å². The fourth-order valence-corrected chi connectivity index (χ4v) is 0.886. The summed E-state index contributed by atoms with van der Waals surface area (Å²) in [6.07, 6.45) is 0. The van der Waals surface area contributed by atoms with Gasteiger partial charge in [0.1, 0.15) is 0 Å². The van der Waals surface area contributed by atoms with Crippen LogP contribution in [0.15, 0.2) is 10.9 Å². The molecule has 0 aliphatic carbocycles. The lowest BCUT2D eigenvalue weighted by atomic mass is 10.6. The number of anilines is 1. The molecule has 6 nitrogen and oxygen atoms in total. The number of aromatic amines is 1. The lowest BCUT2D eigenvalue weighted by Crippen LogP contribution is -2.14. The zero-order valence-corrected chi connectivity index (χ0v) is 7.96. The maximum absolute atomic E-state index is 11.0. The molecule has 0 radical (unpaired) electrons. The van der Waals surface area contributed by atoms with Crippen molar-refractivity contribution in [3.63, 3.8) is 0 Å². The third-order valence-electron chi connectivity index (χ3n) is 1.31. The molecule has 1 aromatic heterocycles. The van der Waals surface area contributed by atoms with Crippen molar-refractivity contribution in [1.29, 1.82) is 0 Å². The van der Waals surface area contributed by atoms with E-state index in [1.54, 1.807) is 0 Å². The molecule has 0 atom stereocenters. The summed E-state index contributed by atoms with van der Waals surface area (Å²) in [5.74, 6) is -0.223. The van der Waals surface area contributed by atoms with E-state index in [4.69, 9.17) is 0 Å². The Morgan fingerprint density at radius 3 is 3.00 bits per heavy atom. The molecule has 0 aliphatic rings. The van der Waals surface area contributed by atoms with Gasteiger partial charge in [0.15, 0.2) is 0 Å². The van der Waals surface area contributed by atoms with E-state index in [1.165, 1.54) is 6.92 Å². The van der Waals surface area contributed by atoms with Gasteiger partial charge in [-0.05, 0) is 6.92 Å². The van der Waals surface area contributed by atoms with Crippen LogP contribution in [-0.4, -0.2) is 22.5 Å². The molecule has 14 heavy (non-hydrogen) atoms. The number of H-pyrrole nitrogens is 1. The molecular formula is C8H11N3O3. The van der Waals surface area contributed by atoms with Crippen LogP contribution in [0.25, 0.3) is 0 Å². The fraction of sp³-hybridized carbons (Fsp3) is 0.375. The highest BCUT2D eigenvalue weighted by Gasteiger charge is 2.03. The molecule has 1 aromatic rings. The maximum Gasteiger partial charge on any atom is 0.309 e. The first-order valence-corrected chi connectivity index (χ1v) is 4.15. The van der Waals surface area contributed by atoms with Crippen LogP contribution < -0.4 is 15.6 Å². The smallest absolute Gasteiger partial charge is 0.309 e. The van der Waals surface area contributed by atoms with E-state index in [0.717, 1.165) is 6.07 Å². The van der Waals surface area contributed by atoms with E-state index in [2.05, 4.69) is 20.0 Å². The first-order valence-electron chi connectivity index (χ1n) is 4.15. The number of carbonyl (C=O) groups excluding carboxylic acids is 1. The Morgan fingerprint density at radius 2 is 2.43 bits per heavy atom. The summed E-state index contributed by atoms with van der Waals surface area (Å²) in [7, 11) is 0. The molecule has 0 spiro atoms. The fourth-order valence-electron chi connectivity index (χ4n) is 0.886. The van der Waals surface area contributed by atoms with Crippen molar-refractivity contribution in [1.82, 2.24) is 9.97 Å². The van der Waals surface area contributed by atoms with Crippen LogP contribution in [0.4, 0.5) is 5.95 Å². The number of esters is 1. The molecular weight excluding hydrogens is 186 g/mol. The zero-order chi connectivity index (χ0) is 10.6. The van der Waals surface area contributed by atoms with Crippen LogP contribution >= 0.6 is 0 Å². The monoisotopic (exact) mass is 197 g/mol. The third kappa shape index (κ3) is 2.89. The SMILES string of the molecule is CCNc1nc(OC(C)=O)cc(=O)[nH]1. The number of nitrogens with one attached hydrogen (secondary N) is 2. The Hall–Kier alpha value is -1.85. The summed E-state index contributed by atoms with van der Waals surface area (Å²) < 4.78 is 4.67. The molecule has 2 N–H and O–H groups in total. The molecule has 0 aliphatic heterocycles. The van der Waals surface area contributed by atoms with Crippen molar-refractivity contribution >= 4 is 11.9 Å². The van der Waals surface area contributed by atoms with Gasteiger partial charge in [0.2, 0.25) is 11.8 Å². The summed E-state index contributed by atoms with van der Waals surface area (Å²) in [6, 6.07) is 1.11. The molecule has 1 rings (SSSR count). The van der Waals surface area contributed by atoms with Crippen molar-refractivity contribution < 1.29 is 9.53 Å². The molecule has 0 aromatic carbocycles. The number of carbonyl (C=O) groups is 1. The Balaban J connectivity index is 2.94. The van der Waals surface area contributed by atoms with Gasteiger partial charge in [-0.2, -0.15) is 4.98 Å². The lowest BCUT2D eigenvalue weighted by Gasteiger charge is -2.03. The van der Waals surface area contributed by atoms with Crippen molar-refractivity contribution in [2.45, 2.75) is 13.8 Å². The van der Waals surface area contributed by atoms with Crippen molar-refractivity contribution in [2.75, 3.05) is 11.9 Å². The molecule has 0 saturated heterocycles. The Labute approximate surface area is 80.3 Å². The summed E-state index contributed by atoms with van der Waals surface area (Å²) in [6.45, 7) is 3.72. The highest BCUT2D eigenvalue weighted by atomic mass is 16.5. The Kier molecular flexibility index (Phi) is 3.22. The van der Waals surface area contributed by atoms with Crippen molar-refractivity contribution in [3.8, 4) is 5.88 Å². The Morgan fingerprint density at radius 1 is 1.71 bits per heavy atom. The second-order valence-electron chi connectivity index (χ2n) is 2.56. The van der Waals surface area contributed by atoms with Gasteiger partial charge in [0.05, 0.1) is 6.07 Å². The minimum absolute atomic E-state index is 0.00259. The number of aromatic nitrogens is 2. The van der Waals surface area contributed by atoms with Gasteiger partial charge in [-0.25, -0.2) is 0 Å². The van der Waals surface area contributed by atoms with Gasteiger partial charge in [0.25, 0.3) is 5.56 Å². The number of hydrogen-bond donors (Lipinski definition) is 2. The van der Waals surface area contributed by atoms with E-state index in [9.17, 15) is 9.59 Å². The van der Waals surface area contributed by atoms with E-state index >= 15 is 0 Å². The summed E-state index contributed by atoms with van der Waals surface area (Å²) in [4.78, 5) is 27.9. The van der Waals surface area contributed by atoms with Gasteiger partial charge in [-0.3, -0.25) is 14.6 Å². The minimum Gasteiger partial charge on any atom is -0.407 e. The predicted molar refractivity (Wildman–Crippen MR) is 50.3 cm³/mol. The number of hydrogen-bond acceptors (Lipinski definition) is 5. The molecule has 0 unspecified atom stereocenters. The van der Waals surface area contributed by atoms with Crippen molar-refractivity contribution in [2.24, 2.45) is 0 Å². The van der Waals surface area contributed by atoms with Crippen LogP contribution in [0.1, 0.15) is 13.8 Å². The van der Waals surface area contributed by atoms with E-state index < -0.39 is 5.97 Å². The molecule has 6 heteroatoms. The van der Waals surface area contributed by atoms with Crippen LogP contribution in [0.5, 0.6) is 5.88 Å². The summed E-state index contributed by atoms with van der Waals surface area (Å²) in [5.41, 5.74) is -0.368. The minimum atomic E-state index is -0.509. The molecule has 0 amide bonds. The molecule has 0 saturated carbocycles.